The second-order valence-corrected chi connectivity index (χ2v) is 8.85. The van der Waals surface area contributed by atoms with Crippen LogP contribution in [0.4, 0.5) is 0 Å². The van der Waals surface area contributed by atoms with E-state index in [-0.39, 0.29) is 34.5 Å². The Balaban J connectivity index is 0.00000420. The molecular weight excluding hydrogens is 503 g/mol. The number of halogens is 1. The van der Waals surface area contributed by atoms with E-state index < -0.39 is 10.0 Å². The molecule has 0 bridgehead atoms. The van der Waals surface area contributed by atoms with Gasteiger partial charge in [0.2, 0.25) is 10.0 Å². The Morgan fingerprint density at radius 3 is 2.17 bits per heavy atom. The number of sulfonamides is 1. The topological polar surface area (TPSA) is 106 Å². The maximum Gasteiger partial charge on any atom is 0.238 e. The molecule has 0 atom stereocenters. The number of primary sulfonamides is 1. The van der Waals surface area contributed by atoms with Gasteiger partial charge in [-0.1, -0.05) is 30.3 Å². The van der Waals surface area contributed by atoms with Crippen molar-refractivity contribution in [3.8, 4) is 5.75 Å². The molecule has 0 aliphatic heterocycles. The number of ether oxygens (including phenoxy) is 1. The van der Waals surface area contributed by atoms with E-state index in [0.29, 0.717) is 19.0 Å². The van der Waals surface area contributed by atoms with Crippen molar-refractivity contribution in [2.75, 3.05) is 7.05 Å². The summed E-state index contributed by atoms with van der Waals surface area (Å²) in [6, 6.07) is 14.3. The molecule has 2 rings (SSSR count). The lowest BCUT2D eigenvalue weighted by atomic mass is 10.1. The molecule has 0 radical (unpaired) electrons. The smallest absolute Gasteiger partial charge is 0.238 e. The molecule has 0 fully saturated rings. The Labute approximate surface area is 190 Å². The Morgan fingerprint density at radius 1 is 1.03 bits per heavy atom. The standard InChI is InChI=1S/C20H28N4O3S.HI/c1-20(2,3)27-18-8-6-5-7-16(18)14-24-19(22-4)23-13-15-9-11-17(12-10-15)28(21,25)26;/h5-12H,13-14H2,1-4H3,(H2,21,25,26)(H2,22,23,24);1H. The number of nitrogens with one attached hydrogen (secondary N) is 2. The predicted molar refractivity (Wildman–Crippen MR) is 127 cm³/mol. The lowest BCUT2D eigenvalue weighted by Gasteiger charge is -2.23. The molecule has 0 amide bonds. The van der Waals surface area contributed by atoms with Crippen molar-refractivity contribution in [2.24, 2.45) is 10.1 Å². The molecule has 160 valence electrons. The van der Waals surface area contributed by atoms with Crippen LogP contribution in [0.2, 0.25) is 0 Å². The van der Waals surface area contributed by atoms with Gasteiger partial charge in [0, 0.05) is 25.7 Å². The first-order chi connectivity index (χ1) is 13.1. The van der Waals surface area contributed by atoms with E-state index in [4.69, 9.17) is 9.88 Å². The first-order valence-corrected chi connectivity index (χ1v) is 10.5. The molecule has 7 nitrogen and oxygen atoms in total. The summed E-state index contributed by atoms with van der Waals surface area (Å²) in [6.07, 6.45) is 0. The summed E-state index contributed by atoms with van der Waals surface area (Å²) in [4.78, 5) is 4.31. The zero-order valence-corrected chi connectivity index (χ0v) is 20.2. The number of nitrogens with two attached hydrogens (primary N) is 1. The third kappa shape index (κ3) is 8.58. The number of rotatable bonds is 6. The van der Waals surface area contributed by atoms with Crippen molar-refractivity contribution in [1.29, 1.82) is 0 Å². The van der Waals surface area contributed by atoms with Gasteiger partial charge in [-0.05, 0) is 44.5 Å². The summed E-state index contributed by atoms with van der Waals surface area (Å²) in [7, 11) is -1.99. The number of para-hydroxylation sites is 1. The lowest BCUT2D eigenvalue weighted by Crippen LogP contribution is -2.36. The molecule has 0 heterocycles. The molecule has 2 aromatic carbocycles. The van der Waals surface area contributed by atoms with Gasteiger partial charge in [-0.3, -0.25) is 4.99 Å². The Kier molecular flexibility index (Phi) is 9.37. The second kappa shape index (κ2) is 10.8. The van der Waals surface area contributed by atoms with Crippen LogP contribution in [0.5, 0.6) is 5.75 Å². The summed E-state index contributed by atoms with van der Waals surface area (Å²) in [5, 5.41) is 11.6. The molecule has 4 N–H and O–H groups in total. The first kappa shape index (κ1) is 25.2. The summed E-state index contributed by atoms with van der Waals surface area (Å²) in [6.45, 7) is 7.08. The van der Waals surface area contributed by atoms with E-state index in [9.17, 15) is 8.42 Å². The summed E-state index contributed by atoms with van der Waals surface area (Å²) >= 11 is 0. The van der Waals surface area contributed by atoms with Gasteiger partial charge in [-0.25, -0.2) is 13.6 Å². The fraction of sp³-hybridized carbons (Fsp3) is 0.350. The van der Waals surface area contributed by atoms with Crippen LogP contribution in [-0.2, 0) is 23.1 Å². The van der Waals surface area contributed by atoms with Crippen LogP contribution in [0, 0.1) is 0 Å². The zero-order chi connectivity index (χ0) is 20.8. The van der Waals surface area contributed by atoms with Gasteiger partial charge in [0.1, 0.15) is 11.4 Å². The monoisotopic (exact) mass is 532 g/mol. The van der Waals surface area contributed by atoms with Gasteiger partial charge in [-0.15, -0.1) is 24.0 Å². The van der Waals surface area contributed by atoms with Crippen LogP contribution >= 0.6 is 24.0 Å². The molecule has 0 aliphatic carbocycles. The van der Waals surface area contributed by atoms with Crippen LogP contribution in [0.1, 0.15) is 31.9 Å². The highest BCUT2D eigenvalue weighted by Gasteiger charge is 2.14. The van der Waals surface area contributed by atoms with Gasteiger partial charge >= 0.3 is 0 Å². The fourth-order valence-corrected chi connectivity index (χ4v) is 2.98. The first-order valence-electron chi connectivity index (χ1n) is 8.92. The minimum atomic E-state index is -3.68. The van der Waals surface area contributed by atoms with E-state index in [1.807, 2.05) is 45.0 Å². The van der Waals surface area contributed by atoms with Crippen molar-refractivity contribution in [3.63, 3.8) is 0 Å². The van der Waals surface area contributed by atoms with Gasteiger partial charge in [-0.2, -0.15) is 0 Å². The largest absolute Gasteiger partial charge is 0.488 e. The predicted octanol–water partition coefficient (Wildman–Crippen LogP) is 2.99. The normalized spacial score (nSPS) is 12.1. The number of hydrogen-bond donors (Lipinski definition) is 3. The average molecular weight is 532 g/mol. The van der Waals surface area contributed by atoms with Crippen molar-refractivity contribution in [1.82, 2.24) is 10.6 Å². The number of benzene rings is 2. The maximum atomic E-state index is 11.3. The molecule has 29 heavy (non-hydrogen) atoms. The van der Waals surface area contributed by atoms with E-state index in [2.05, 4.69) is 15.6 Å². The van der Waals surface area contributed by atoms with E-state index in [1.54, 1.807) is 19.2 Å². The highest BCUT2D eigenvalue weighted by Crippen LogP contribution is 2.22. The number of aliphatic imine (C=N–C) groups is 1. The minimum absolute atomic E-state index is 0. The number of nitrogens with zero attached hydrogens (tertiary/aromatic N) is 1. The third-order valence-corrected chi connectivity index (χ3v) is 4.70. The Hall–Kier alpha value is -1.85. The second-order valence-electron chi connectivity index (χ2n) is 7.29. The van der Waals surface area contributed by atoms with Gasteiger partial charge in [0.05, 0.1) is 4.90 Å². The fourth-order valence-electron chi connectivity index (χ4n) is 2.46. The number of hydrogen-bond acceptors (Lipinski definition) is 4. The van der Waals surface area contributed by atoms with Crippen LogP contribution in [0.3, 0.4) is 0 Å². The van der Waals surface area contributed by atoms with E-state index >= 15 is 0 Å². The highest BCUT2D eigenvalue weighted by atomic mass is 127. The molecule has 0 saturated carbocycles. The Morgan fingerprint density at radius 2 is 1.62 bits per heavy atom. The quantitative estimate of drug-likeness (QED) is 0.302. The van der Waals surface area contributed by atoms with Crippen molar-refractivity contribution >= 4 is 40.0 Å². The molecule has 0 aromatic heterocycles. The maximum absolute atomic E-state index is 11.3. The summed E-state index contributed by atoms with van der Waals surface area (Å²) < 4.78 is 28.6. The average Bonchev–Trinajstić information content (AvgIpc) is 2.61. The molecule has 0 unspecified atom stereocenters. The van der Waals surface area contributed by atoms with Crippen molar-refractivity contribution in [3.05, 3.63) is 59.7 Å². The van der Waals surface area contributed by atoms with Gasteiger partial charge in [0.15, 0.2) is 5.96 Å². The SMILES string of the molecule is CN=C(NCc1ccc(S(N)(=O)=O)cc1)NCc1ccccc1OC(C)(C)C.I. The molecule has 0 spiro atoms. The van der Waals surface area contributed by atoms with Crippen LogP contribution in [-0.4, -0.2) is 27.0 Å². The zero-order valence-electron chi connectivity index (χ0n) is 17.1. The summed E-state index contributed by atoms with van der Waals surface area (Å²) in [5.74, 6) is 1.46. The molecular formula is C20H29IN4O3S. The molecule has 0 aliphatic rings. The molecule has 0 saturated heterocycles. The van der Waals surface area contributed by atoms with Crippen LogP contribution in [0.25, 0.3) is 0 Å². The van der Waals surface area contributed by atoms with E-state index in [1.165, 1.54) is 12.1 Å². The van der Waals surface area contributed by atoms with Crippen LogP contribution < -0.4 is 20.5 Å². The van der Waals surface area contributed by atoms with Crippen LogP contribution in [0.15, 0.2) is 58.4 Å². The van der Waals surface area contributed by atoms with E-state index in [0.717, 1.165) is 16.9 Å². The molecule has 2 aromatic rings. The summed E-state index contributed by atoms with van der Waals surface area (Å²) in [5.41, 5.74) is 1.66. The number of guanidine groups is 1. The van der Waals surface area contributed by atoms with Gasteiger partial charge < -0.3 is 15.4 Å². The Bertz CT molecular complexity index is 923. The lowest BCUT2D eigenvalue weighted by molar-refractivity contribution is 0.129. The minimum Gasteiger partial charge on any atom is -0.488 e. The third-order valence-electron chi connectivity index (χ3n) is 3.77. The van der Waals surface area contributed by atoms with Gasteiger partial charge in [0.25, 0.3) is 0 Å². The van der Waals surface area contributed by atoms with Crippen molar-refractivity contribution < 1.29 is 13.2 Å². The van der Waals surface area contributed by atoms with Crippen molar-refractivity contribution in [2.45, 2.75) is 44.4 Å². The highest BCUT2D eigenvalue weighted by molar-refractivity contribution is 14.0. The molecule has 9 heteroatoms.